The number of benzene rings is 1. The molecule has 0 bridgehead atoms. The van der Waals surface area contributed by atoms with E-state index in [9.17, 15) is 12.8 Å². The van der Waals surface area contributed by atoms with Crippen LogP contribution in [0.25, 0.3) is 0 Å². The van der Waals surface area contributed by atoms with Crippen molar-refractivity contribution >= 4 is 35.7 Å². The smallest absolute Gasteiger partial charge is 0.212 e. The molecule has 6 heteroatoms. The maximum atomic E-state index is 12.7. The van der Waals surface area contributed by atoms with Gasteiger partial charge in [-0.25, -0.2) is 12.8 Å². The molecule has 0 amide bonds. The van der Waals surface area contributed by atoms with E-state index in [0.29, 0.717) is 10.0 Å². The Morgan fingerprint density at radius 3 is 2.46 bits per heavy atom. The summed E-state index contributed by atoms with van der Waals surface area (Å²) in [5, 5.41) is 0. The first-order valence-corrected chi connectivity index (χ1v) is 6.51. The lowest BCUT2D eigenvalue weighted by molar-refractivity contribution is 0.608. The molecule has 0 saturated carbocycles. The lowest BCUT2D eigenvalue weighted by atomic mass is 10.2. The second-order valence-corrected chi connectivity index (χ2v) is 6.15. The Morgan fingerprint density at radius 1 is 1.38 bits per heavy atom. The predicted molar refractivity (Wildman–Crippen MR) is 52.6 cm³/mol. The first kappa shape index (κ1) is 10.9. The normalized spacial score (nSPS) is 11.6. The maximum absolute atomic E-state index is 12.7. The zero-order valence-electron chi connectivity index (χ0n) is 6.30. The van der Waals surface area contributed by atoms with Crippen molar-refractivity contribution < 1.29 is 12.8 Å². The molecule has 0 N–H and O–H groups in total. The van der Waals surface area contributed by atoms with E-state index in [1.165, 1.54) is 12.1 Å². The van der Waals surface area contributed by atoms with Crippen molar-refractivity contribution in [2.45, 2.75) is 5.75 Å². The molecule has 0 aliphatic heterocycles. The highest BCUT2D eigenvalue weighted by molar-refractivity contribution is 9.10. The van der Waals surface area contributed by atoms with Gasteiger partial charge in [0.05, 0.1) is 5.75 Å². The van der Waals surface area contributed by atoms with Gasteiger partial charge in [0.2, 0.25) is 9.05 Å². The molecular weight excluding hydrogens is 282 g/mol. The summed E-state index contributed by atoms with van der Waals surface area (Å²) in [7, 11) is 1.38. The van der Waals surface area contributed by atoms with Gasteiger partial charge in [0.1, 0.15) is 5.82 Å². The molecule has 0 spiro atoms. The monoisotopic (exact) mass is 286 g/mol. The van der Waals surface area contributed by atoms with Gasteiger partial charge in [-0.15, -0.1) is 0 Å². The first-order valence-electron chi connectivity index (χ1n) is 3.24. The standard InChI is InChI=1S/C7H5BrClFO2S/c8-6-1-5(2-7(10)3-6)4-13(9,11)12/h1-3H,4H2. The van der Waals surface area contributed by atoms with Gasteiger partial charge in [-0.1, -0.05) is 15.9 Å². The fourth-order valence-electron chi connectivity index (χ4n) is 0.893. The quantitative estimate of drug-likeness (QED) is 0.784. The second kappa shape index (κ2) is 3.94. The number of hydrogen-bond donors (Lipinski definition) is 0. The maximum Gasteiger partial charge on any atom is 0.236 e. The molecule has 2 nitrogen and oxygen atoms in total. The molecule has 72 valence electrons. The van der Waals surface area contributed by atoms with Crippen LogP contribution in [0.4, 0.5) is 4.39 Å². The van der Waals surface area contributed by atoms with Crippen molar-refractivity contribution in [2.75, 3.05) is 0 Å². The summed E-state index contributed by atoms with van der Waals surface area (Å²) in [6.45, 7) is 0. The zero-order valence-corrected chi connectivity index (χ0v) is 9.46. The van der Waals surface area contributed by atoms with Gasteiger partial charge < -0.3 is 0 Å². The average Bonchev–Trinajstić information content (AvgIpc) is 1.78. The Kier molecular flexibility index (Phi) is 3.32. The molecule has 0 aromatic heterocycles. The molecule has 1 aromatic rings. The van der Waals surface area contributed by atoms with Crippen LogP contribution in [-0.4, -0.2) is 8.42 Å². The minimum Gasteiger partial charge on any atom is -0.212 e. The summed E-state index contributed by atoms with van der Waals surface area (Å²) in [6.07, 6.45) is 0. The number of halogens is 3. The minimum atomic E-state index is -3.63. The van der Waals surface area contributed by atoms with Gasteiger partial charge in [-0.05, 0) is 23.8 Å². The Labute approximate surface area is 88.3 Å². The van der Waals surface area contributed by atoms with Crippen LogP contribution in [-0.2, 0) is 14.8 Å². The van der Waals surface area contributed by atoms with E-state index in [1.54, 1.807) is 0 Å². The second-order valence-electron chi connectivity index (χ2n) is 2.46. The average molecular weight is 288 g/mol. The van der Waals surface area contributed by atoms with Crippen LogP contribution in [0.3, 0.4) is 0 Å². The van der Waals surface area contributed by atoms with Crippen molar-refractivity contribution in [2.24, 2.45) is 0 Å². The van der Waals surface area contributed by atoms with Crippen molar-refractivity contribution in [3.05, 3.63) is 34.1 Å². The highest BCUT2D eigenvalue weighted by atomic mass is 79.9. The third-order valence-corrected chi connectivity index (χ3v) is 2.72. The largest absolute Gasteiger partial charge is 0.236 e. The third-order valence-electron chi connectivity index (χ3n) is 1.26. The molecule has 0 fully saturated rings. The third kappa shape index (κ3) is 4.06. The molecule has 0 radical (unpaired) electrons. The van der Waals surface area contributed by atoms with Gasteiger partial charge in [-0.3, -0.25) is 0 Å². The molecule has 0 aliphatic carbocycles. The molecule has 1 aromatic carbocycles. The van der Waals surface area contributed by atoms with E-state index in [4.69, 9.17) is 10.7 Å². The lowest BCUT2D eigenvalue weighted by Crippen LogP contribution is -1.95. The summed E-state index contributed by atoms with van der Waals surface area (Å²) in [5.74, 6) is -0.866. The number of rotatable bonds is 2. The molecule has 13 heavy (non-hydrogen) atoms. The fourth-order valence-corrected chi connectivity index (χ4v) is 2.35. The van der Waals surface area contributed by atoms with Crippen LogP contribution < -0.4 is 0 Å². The highest BCUT2D eigenvalue weighted by Gasteiger charge is 2.08. The zero-order chi connectivity index (χ0) is 10.1. The van der Waals surface area contributed by atoms with Crippen LogP contribution in [0.5, 0.6) is 0 Å². The summed E-state index contributed by atoms with van der Waals surface area (Å²) in [6, 6.07) is 3.87. The van der Waals surface area contributed by atoms with Crippen molar-refractivity contribution in [3.63, 3.8) is 0 Å². The molecular formula is C7H5BrClFO2S. The van der Waals surface area contributed by atoms with E-state index in [0.717, 1.165) is 6.07 Å². The molecule has 0 aliphatic rings. The van der Waals surface area contributed by atoms with Crippen molar-refractivity contribution in [3.8, 4) is 0 Å². The van der Waals surface area contributed by atoms with Crippen LogP contribution in [0, 0.1) is 5.82 Å². The number of hydrogen-bond acceptors (Lipinski definition) is 2. The highest BCUT2D eigenvalue weighted by Crippen LogP contribution is 2.17. The van der Waals surface area contributed by atoms with Crippen LogP contribution >= 0.6 is 26.6 Å². The van der Waals surface area contributed by atoms with Gasteiger partial charge in [0.25, 0.3) is 0 Å². The van der Waals surface area contributed by atoms with Crippen LogP contribution in [0.1, 0.15) is 5.56 Å². The van der Waals surface area contributed by atoms with E-state index < -0.39 is 14.9 Å². The summed E-state index contributed by atoms with van der Waals surface area (Å²) in [5.41, 5.74) is 0.321. The van der Waals surface area contributed by atoms with Gasteiger partial charge in [0, 0.05) is 15.2 Å². The first-order chi connectivity index (χ1) is 5.87. The van der Waals surface area contributed by atoms with Crippen LogP contribution in [0.2, 0.25) is 0 Å². The lowest BCUT2D eigenvalue weighted by Gasteiger charge is -1.99. The van der Waals surface area contributed by atoms with E-state index in [-0.39, 0.29) is 5.75 Å². The van der Waals surface area contributed by atoms with E-state index >= 15 is 0 Å². The van der Waals surface area contributed by atoms with Crippen LogP contribution in [0.15, 0.2) is 22.7 Å². The van der Waals surface area contributed by atoms with E-state index in [2.05, 4.69) is 15.9 Å². The molecule has 0 heterocycles. The fraction of sp³-hybridized carbons (Fsp3) is 0.143. The van der Waals surface area contributed by atoms with E-state index in [1.807, 2.05) is 0 Å². The van der Waals surface area contributed by atoms with Crippen molar-refractivity contribution in [1.82, 2.24) is 0 Å². The Bertz CT molecular complexity index is 398. The minimum absolute atomic E-state index is 0.321. The SMILES string of the molecule is O=S(=O)(Cl)Cc1cc(F)cc(Br)c1. The Morgan fingerprint density at radius 2 is 2.00 bits per heavy atom. The predicted octanol–water partition coefficient (Wildman–Crippen LogP) is 2.66. The van der Waals surface area contributed by atoms with Gasteiger partial charge in [-0.2, -0.15) is 0 Å². The molecule has 1 rings (SSSR count). The summed E-state index contributed by atoms with van der Waals surface area (Å²) >= 11 is 3.04. The van der Waals surface area contributed by atoms with Gasteiger partial charge >= 0.3 is 0 Å². The summed E-state index contributed by atoms with van der Waals surface area (Å²) < 4.78 is 34.5. The molecule has 0 unspecified atom stereocenters. The topological polar surface area (TPSA) is 34.1 Å². The molecule has 0 atom stereocenters. The van der Waals surface area contributed by atoms with Gasteiger partial charge in [0.15, 0.2) is 0 Å². The Balaban J connectivity index is 3.03. The summed E-state index contributed by atoms with van der Waals surface area (Å²) in [4.78, 5) is 0. The van der Waals surface area contributed by atoms with Crippen molar-refractivity contribution in [1.29, 1.82) is 0 Å². The Hall–Kier alpha value is -0.130. The molecule has 0 saturated heterocycles.